The van der Waals surface area contributed by atoms with Crippen molar-refractivity contribution in [2.75, 3.05) is 12.0 Å². The van der Waals surface area contributed by atoms with Crippen LogP contribution in [-0.4, -0.2) is 25.8 Å². The Morgan fingerprint density at radius 1 is 1.50 bits per heavy atom. The molecule has 0 radical (unpaired) electrons. The van der Waals surface area contributed by atoms with Gasteiger partial charge in [0.25, 0.3) is 0 Å². The molecule has 0 bridgehead atoms. The lowest BCUT2D eigenvalue weighted by atomic mass is 10.2. The Morgan fingerprint density at radius 2 is 2.22 bits per heavy atom. The number of hydrogen-bond donors (Lipinski definition) is 0. The maximum Gasteiger partial charge on any atom is 0.128 e. The molecular formula is C12H14ClFN2OS. The number of imidazole rings is 1. The summed E-state index contributed by atoms with van der Waals surface area (Å²) in [5.41, 5.74) is 2.01. The van der Waals surface area contributed by atoms with Crippen LogP contribution in [0.5, 0.6) is 0 Å². The maximum atomic E-state index is 13.5. The van der Waals surface area contributed by atoms with Gasteiger partial charge >= 0.3 is 0 Å². The molecule has 0 saturated heterocycles. The summed E-state index contributed by atoms with van der Waals surface area (Å²) in [5.74, 6) is 1.20. The zero-order valence-electron chi connectivity index (χ0n) is 10.2. The van der Waals surface area contributed by atoms with Crippen molar-refractivity contribution in [1.29, 1.82) is 0 Å². The Balaban J connectivity index is 2.53. The van der Waals surface area contributed by atoms with Crippen LogP contribution in [0.1, 0.15) is 11.4 Å². The molecule has 2 rings (SSSR count). The van der Waals surface area contributed by atoms with Gasteiger partial charge in [-0.15, -0.1) is 11.6 Å². The quantitative estimate of drug-likeness (QED) is 0.811. The standard InChI is InChI=1S/C12H14ClFN2OS/c1-8-5-11-10(6-9(8)14)15-12(7-13)16(11)3-4-18(2)17/h5-6H,3-4,7H2,1-2H3. The first-order valence-corrected chi connectivity index (χ1v) is 7.80. The second-order valence-corrected chi connectivity index (χ2v) is 6.00. The molecule has 98 valence electrons. The van der Waals surface area contributed by atoms with Gasteiger partial charge in [0.2, 0.25) is 0 Å². The highest BCUT2D eigenvalue weighted by Crippen LogP contribution is 2.21. The first-order chi connectivity index (χ1) is 8.52. The third kappa shape index (κ3) is 2.57. The SMILES string of the molecule is Cc1cc2c(cc1F)nc(CCl)n2CCS(C)=O. The zero-order chi connectivity index (χ0) is 13.3. The van der Waals surface area contributed by atoms with Crippen molar-refractivity contribution >= 4 is 33.4 Å². The van der Waals surface area contributed by atoms with Crippen LogP contribution in [0.25, 0.3) is 11.0 Å². The number of benzene rings is 1. The number of aryl methyl sites for hydroxylation is 2. The molecule has 1 atom stereocenters. The van der Waals surface area contributed by atoms with Crippen LogP contribution in [-0.2, 0) is 23.2 Å². The van der Waals surface area contributed by atoms with E-state index >= 15 is 0 Å². The minimum absolute atomic E-state index is 0.256. The van der Waals surface area contributed by atoms with Crippen LogP contribution in [0.3, 0.4) is 0 Å². The Labute approximate surface area is 112 Å². The van der Waals surface area contributed by atoms with E-state index in [1.807, 2.05) is 4.57 Å². The number of fused-ring (bicyclic) bond motifs is 1. The summed E-state index contributed by atoms with van der Waals surface area (Å²) >= 11 is 5.85. The fourth-order valence-corrected chi connectivity index (χ4v) is 2.52. The van der Waals surface area contributed by atoms with Crippen molar-refractivity contribution in [2.45, 2.75) is 19.3 Å². The normalized spacial score (nSPS) is 13.1. The Kier molecular flexibility index (Phi) is 4.02. The van der Waals surface area contributed by atoms with Crippen molar-refractivity contribution in [2.24, 2.45) is 0 Å². The van der Waals surface area contributed by atoms with Gasteiger partial charge in [-0.25, -0.2) is 9.37 Å². The Hall–Kier alpha value is -0.940. The second-order valence-electron chi connectivity index (χ2n) is 4.18. The fraction of sp³-hybridized carbons (Fsp3) is 0.417. The van der Waals surface area contributed by atoms with Gasteiger partial charge in [-0.1, -0.05) is 0 Å². The fourth-order valence-electron chi connectivity index (χ4n) is 1.87. The van der Waals surface area contributed by atoms with E-state index in [0.717, 1.165) is 5.52 Å². The average Bonchev–Trinajstić information content (AvgIpc) is 2.64. The number of nitrogens with zero attached hydrogens (tertiary/aromatic N) is 2. The molecule has 6 heteroatoms. The number of alkyl halides is 1. The highest BCUT2D eigenvalue weighted by atomic mass is 35.5. The highest BCUT2D eigenvalue weighted by molar-refractivity contribution is 7.84. The van der Waals surface area contributed by atoms with E-state index in [2.05, 4.69) is 4.98 Å². The lowest BCUT2D eigenvalue weighted by Crippen LogP contribution is -2.09. The highest BCUT2D eigenvalue weighted by Gasteiger charge is 2.12. The molecule has 1 heterocycles. The predicted octanol–water partition coefficient (Wildman–Crippen LogP) is 2.60. The topological polar surface area (TPSA) is 34.9 Å². The van der Waals surface area contributed by atoms with Crippen LogP contribution in [0, 0.1) is 12.7 Å². The zero-order valence-corrected chi connectivity index (χ0v) is 11.8. The van der Waals surface area contributed by atoms with Gasteiger partial charge in [0, 0.05) is 35.4 Å². The van der Waals surface area contributed by atoms with Gasteiger partial charge in [-0.3, -0.25) is 4.21 Å². The third-order valence-electron chi connectivity index (χ3n) is 2.83. The lowest BCUT2D eigenvalue weighted by molar-refractivity contribution is 0.620. The van der Waals surface area contributed by atoms with Gasteiger partial charge in [0.05, 0.1) is 16.9 Å². The summed E-state index contributed by atoms with van der Waals surface area (Å²) in [7, 11) is -0.879. The number of rotatable bonds is 4. The van der Waals surface area contributed by atoms with Gasteiger partial charge in [-0.05, 0) is 18.6 Å². The molecule has 0 aliphatic heterocycles. The van der Waals surface area contributed by atoms with Crippen molar-refractivity contribution < 1.29 is 8.60 Å². The summed E-state index contributed by atoms with van der Waals surface area (Å²) in [6, 6.07) is 3.17. The molecule has 0 fully saturated rings. The molecule has 0 aliphatic carbocycles. The monoisotopic (exact) mass is 288 g/mol. The van der Waals surface area contributed by atoms with E-state index in [9.17, 15) is 8.60 Å². The molecule has 2 aromatic rings. The molecule has 3 nitrogen and oxygen atoms in total. The summed E-state index contributed by atoms with van der Waals surface area (Å²) < 4.78 is 26.6. The first kappa shape index (κ1) is 13.5. The van der Waals surface area contributed by atoms with Crippen molar-refractivity contribution in [3.05, 3.63) is 29.3 Å². The molecule has 0 saturated carbocycles. The number of halogens is 2. The minimum atomic E-state index is -0.879. The smallest absolute Gasteiger partial charge is 0.128 e. The van der Waals surface area contributed by atoms with Crippen LogP contribution < -0.4 is 0 Å². The lowest BCUT2D eigenvalue weighted by Gasteiger charge is -2.06. The summed E-state index contributed by atoms with van der Waals surface area (Å²) in [4.78, 5) is 4.30. The van der Waals surface area contributed by atoms with Crippen molar-refractivity contribution in [1.82, 2.24) is 9.55 Å². The van der Waals surface area contributed by atoms with Gasteiger partial charge in [0.1, 0.15) is 11.6 Å². The van der Waals surface area contributed by atoms with E-state index in [0.29, 0.717) is 29.2 Å². The van der Waals surface area contributed by atoms with Gasteiger partial charge in [-0.2, -0.15) is 0 Å². The molecule has 18 heavy (non-hydrogen) atoms. The largest absolute Gasteiger partial charge is 0.326 e. The van der Waals surface area contributed by atoms with Crippen molar-refractivity contribution in [3.8, 4) is 0 Å². The van der Waals surface area contributed by atoms with E-state index < -0.39 is 10.8 Å². The summed E-state index contributed by atoms with van der Waals surface area (Å²) in [5, 5.41) is 0. The number of aromatic nitrogens is 2. The summed E-state index contributed by atoms with van der Waals surface area (Å²) in [6.45, 7) is 2.29. The molecular weight excluding hydrogens is 275 g/mol. The molecule has 0 amide bonds. The van der Waals surface area contributed by atoms with Gasteiger partial charge in [0.15, 0.2) is 0 Å². The maximum absolute atomic E-state index is 13.5. The molecule has 1 aromatic carbocycles. The predicted molar refractivity (Wildman–Crippen MR) is 72.9 cm³/mol. The number of hydrogen-bond acceptors (Lipinski definition) is 2. The Morgan fingerprint density at radius 3 is 2.83 bits per heavy atom. The third-order valence-corrected chi connectivity index (χ3v) is 3.83. The molecule has 0 aliphatic rings. The first-order valence-electron chi connectivity index (χ1n) is 5.54. The molecule has 1 unspecified atom stereocenters. The van der Waals surface area contributed by atoms with E-state index in [1.165, 1.54) is 6.07 Å². The molecule has 0 N–H and O–H groups in total. The summed E-state index contributed by atoms with van der Waals surface area (Å²) in [6.07, 6.45) is 1.66. The molecule has 1 aromatic heterocycles. The van der Waals surface area contributed by atoms with Crippen LogP contribution in [0.4, 0.5) is 4.39 Å². The van der Waals surface area contributed by atoms with Crippen LogP contribution >= 0.6 is 11.6 Å². The van der Waals surface area contributed by atoms with Crippen molar-refractivity contribution in [3.63, 3.8) is 0 Å². The van der Waals surface area contributed by atoms with E-state index in [1.54, 1.807) is 19.2 Å². The van der Waals surface area contributed by atoms with E-state index in [4.69, 9.17) is 11.6 Å². The van der Waals surface area contributed by atoms with Gasteiger partial charge < -0.3 is 4.57 Å². The molecule has 0 spiro atoms. The average molecular weight is 289 g/mol. The van der Waals surface area contributed by atoms with E-state index in [-0.39, 0.29) is 11.7 Å². The minimum Gasteiger partial charge on any atom is -0.326 e. The van der Waals surface area contributed by atoms with Crippen LogP contribution in [0.15, 0.2) is 12.1 Å². The second kappa shape index (κ2) is 5.36. The van der Waals surface area contributed by atoms with Crippen LogP contribution in [0.2, 0.25) is 0 Å². The Bertz CT molecular complexity index is 612.